The predicted molar refractivity (Wildman–Crippen MR) is 276 cm³/mol. The molecular weight excluding hydrogens is 903 g/mol. The number of likely N-dealkylation sites (N-methyl/N-ethyl adjacent to an activating group) is 1. The lowest BCUT2D eigenvalue weighted by Gasteiger charge is -2.35. The minimum atomic E-state index is -0.965. The van der Waals surface area contributed by atoms with Crippen LogP contribution in [0.2, 0.25) is 0 Å². The molecule has 5 aromatic rings. The number of ether oxygens (including phenoxy) is 3. The number of β-amino-alcohol motifs (C(OH)–C–C–N with tert-alkyl or cyclic N) is 1. The number of aliphatic hydroxyl groups excluding tert-OH is 1. The Labute approximate surface area is 416 Å². The van der Waals surface area contributed by atoms with Gasteiger partial charge in [-0.2, -0.15) is 0 Å². The van der Waals surface area contributed by atoms with Crippen LogP contribution in [0.3, 0.4) is 0 Å². The average molecular weight is 970 g/mol. The van der Waals surface area contributed by atoms with E-state index in [0.717, 1.165) is 45.0 Å². The van der Waals surface area contributed by atoms with Crippen molar-refractivity contribution >= 4 is 46.1 Å². The van der Waals surface area contributed by atoms with E-state index in [2.05, 4.69) is 83.2 Å². The molecule has 370 valence electrons. The highest BCUT2D eigenvalue weighted by atomic mass is 32.1. The Balaban J connectivity index is 0.866. The summed E-state index contributed by atoms with van der Waals surface area (Å²) in [7, 11) is 1.72. The third kappa shape index (κ3) is 15.0. The van der Waals surface area contributed by atoms with E-state index in [1.54, 1.807) is 29.4 Å². The van der Waals surface area contributed by atoms with Gasteiger partial charge < -0.3 is 39.8 Å². The van der Waals surface area contributed by atoms with Gasteiger partial charge in [-0.25, -0.2) is 4.98 Å². The summed E-state index contributed by atoms with van der Waals surface area (Å²) in [5, 5.41) is 16.3. The SMILES string of the molecule is CC/C(=C(\c1ccccc1)c1ccc(OCCN(C)C(=O)COC/C=C/CCOCC(=O)N[C@H](C(=O)N2C[C@H](O)C[C@H]2C(=O)NCc2ccc(-c3scnc3C)cc2)C(C)(C)C)cc1)c1ccccc1. The van der Waals surface area contributed by atoms with Gasteiger partial charge in [-0.3, -0.25) is 19.2 Å². The highest BCUT2D eigenvalue weighted by Gasteiger charge is 2.44. The molecule has 6 rings (SSSR count). The zero-order valence-corrected chi connectivity index (χ0v) is 42.0. The summed E-state index contributed by atoms with van der Waals surface area (Å²) in [6, 6.07) is 35.0. The van der Waals surface area contributed by atoms with Crippen LogP contribution in [0.5, 0.6) is 5.75 Å². The van der Waals surface area contributed by atoms with Gasteiger partial charge >= 0.3 is 0 Å². The number of allylic oxidation sites excluding steroid dienone is 1. The zero-order chi connectivity index (χ0) is 50.0. The first-order chi connectivity index (χ1) is 33.7. The summed E-state index contributed by atoms with van der Waals surface area (Å²) < 4.78 is 17.2. The van der Waals surface area contributed by atoms with E-state index >= 15 is 0 Å². The van der Waals surface area contributed by atoms with Crippen molar-refractivity contribution in [3.63, 3.8) is 0 Å². The molecule has 0 radical (unpaired) electrons. The maximum absolute atomic E-state index is 14.0. The third-order valence-corrected chi connectivity index (χ3v) is 13.1. The van der Waals surface area contributed by atoms with Crippen LogP contribution < -0.4 is 15.4 Å². The maximum atomic E-state index is 14.0. The van der Waals surface area contributed by atoms with Gasteiger partial charge in [0.1, 0.15) is 37.7 Å². The van der Waals surface area contributed by atoms with Crippen LogP contribution in [0.4, 0.5) is 0 Å². The van der Waals surface area contributed by atoms with E-state index in [-0.39, 0.29) is 57.8 Å². The molecule has 13 nitrogen and oxygen atoms in total. The number of hydrogen-bond acceptors (Lipinski definition) is 10. The van der Waals surface area contributed by atoms with E-state index in [1.165, 1.54) is 21.6 Å². The predicted octanol–water partition coefficient (Wildman–Crippen LogP) is 8.11. The topological polar surface area (TPSA) is 160 Å². The molecule has 1 saturated heterocycles. The minimum Gasteiger partial charge on any atom is -0.492 e. The molecular formula is C56H67N5O8S. The van der Waals surface area contributed by atoms with Gasteiger partial charge in [-0.05, 0) is 76.3 Å². The van der Waals surface area contributed by atoms with Crippen molar-refractivity contribution in [2.45, 2.75) is 78.6 Å². The monoisotopic (exact) mass is 969 g/mol. The standard InChI is InChI=1S/C56H67N5O8S/c1-7-47(41-17-11-8-12-18-41)51(42-19-13-9-14-20-42)43-25-27-46(28-26-43)69-32-29-60(6)50(64)37-68-31-16-10-15-30-67-36-49(63)59-53(56(3,4)5)55(66)61-35-45(62)33-48(61)54(65)57-34-40-21-23-44(24-22-40)52-39(2)58-38-70-52/h8-14,16-28,38,45,48,53,62H,7,15,29-37H2,1-6H3,(H,57,65)(H,59,63)/b16-10+,51-47-/t45-,48+,53-/m1/s1. The molecule has 4 amide bonds. The molecule has 3 N–H and O–H groups in total. The van der Waals surface area contributed by atoms with Crippen LogP contribution in [-0.2, 0) is 35.2 Å². The number of benzene rings is 4. The lowest BCUT2D eigenvalue weighted by Crippen LogP contribution is -2.58. The summed E-state index contributed by atoms with van der Waals surface area (Å²) >= 11 is 1.57. The average Bonchev–Trinajstić information content (AvgIpc) is 3.98. The third-order valence-electron chi connectivity index (χ3n) is 12.1. The number of aromatic nitrogens is 1. The summed E-state index contributed by atoms with van der Waals surface area (Å²) in [5.41, 5.74) is 9.92. The van der Waals surface area contributed by atoms with E-state index in [1.807, 2.05) is 87.8 Å². The normalized spacial score (nSPS) is 15.6. The van der Waals surface area contributed by atoms with Crippen molar-refractivity contribution in [2.75, 3.05) is 53.2 Å². The molecule has 1 aliphatic heterocycles. The number of nitrogens with zero attached hydrogens (tertiary/aromatic N) is 3. The Hall–Kier alpha value is -6.45. The Kier molecular flexibility index (Phi) is 19.6. The smallest absolute Gasteiger partial charge is 0.248 e. The van der Waals surface area contributed by atoms with Crippen LogP contribution in [-0.4, -0.2) is 115 Å². The number of rotatable bonds is 23. The molecule has 0 unspecified atom stereocenters. The van der Waals surface area contributed by atoms with Gasteiger partial charge in [0.2, 0.25) is 23.6 Å². The Morgan fingerprint density at radius 3 is 2.19 bits per heavy atom. The highest BCUT2D eigenvalue weighted by molar-refractivity contribution is 7.13. The number of aliphatic hydroxyl groups is 1. The van der Waals surface area contributed by atoms with E-state index in [0.29, 0.717) is 19.6 Å². The largest absolute Gasteiger partial charge is 0.492 e. The second kappa shape index (κ2) is 26.0. The van der Waals surface area contributed by atoms with Crippen molar-refractivity contribution in [2.24, 2.45) is 5.41 Å². The van der Waals surface area contributed by atoms with Crippen molar-refractivity contribution in [1.82, 2.24) is 25.4 Å². The molecule has 1 aromatic heterocycles. The second-order valence-electron chi connectivity index (χ2n) is 18.4. The van der Waals surface area contributed by atoms with Crippen LogP contribution in [0, 0.1) is 12.3 Å². The van der Waals surface area contributed by atoms with E-state index in [4.69, 9.17) is 14.2 Å². The molecule has 3 atom stereocenters. The van der Waals surface area contributed by atoms with Crippen molar-refractivity contribution in [1.29, 1.82) is 0 Å². The molecule has 0 aliphatic carbocycles. The Morgan fingerprint density at radius 2 is 1.54 bits per heavy atom. The maximum Gasteiger partial charge on any atom is 0.248 e. The zero-order valence-electron chi connectivity index (χ0n) is 41.2. The number of amides is 4. The van der Waals surface area contributed by atoms with E-state index < -0.39 is 35.4 Å². The van der Waals surface area contributed by atoms with Crippen LogP contribution in [0.15, 0.2) is 127 Å². The van der Waals surface area contributed by atoms with Gasteiger partial charge in [0.05, 0.1) is 41.9 Å². The van der Waals surface area contributed by atoms with Gasteiger partial charge in [-0.1, -0.05) is 137 Å². The molecule has 70 heavy (non-hydrogen) atoms. The fraction of sp³-hybridized carbons (Fsp3) is 0.375. The first-order valence-corrected chi connectivity index (χ1v) is 24.8. The van der Waals surface area contributed by atoms with Gasteiger partial charge in [0, 0.05) is 26.6 Å². The molecule has 0 saturated carbocycles. The molecule has 14 heteroatoms. The highest BCUT2D eigenvalue weighted by Crippen LogP contribution is 2.35. The number of carbonyl (C=O) groups excluding carboxylic acids is 4. The van der Waals surface area contributed by atoms with Gasteiger partial charge in [0.25, 0.3) is 0 Å². The summed E-state index contributed by atoms with van der Waals surface area (Å²) in [6.07, 6.45) is 4.23. The van der Waals surface area contributed by atoms with Crippen molar-refractivity contribution in [3.05, 3.63) is 155 Å². The minimum absolute atomic E-state index is 0.0178. The van der Waals surface area contributed by atoms with Crippen LogP contribution >= 0.6 is 11.3 Å². The van der Waals surface area contributed by atoms with Gasteiger partial charge in [-0.15, -0.1) is 11.3 Å². The first kappa shape index (κ1) is 52.9. The number of carbonyl (C=O) groups is 4. The lowest BCUT2D eigenvalue weighted by molar-refractivity contribution is -0.144. The molecule has 0 spiro atoms. The molecule has 2 heterocycles. The summed E-state index contributed by atoms with van der Waals surface area (Å²) in [4.78, 5) is 61.5. The summed E-state index contributed by atoms with van der Waals surface area (Å²) in [6.45, 7) is 10.7. The number of hydrogen-bond donors (Lipinski definition) is 3. The summed E-state index contributed by atoms with van der Waals surface area (Å²) in [5.74, 6) is -0.737. The number of thiazole rings is 1. The first-order valence-electron chi connectivity index (χ1n) is 23.9. The molecule has 1 aliphatic rings. The fourth-order valence-corrected chi connectivity index (χ4v) is 9.05. The number of aryl methyl sites for hydroxylation is 1. The molecule has 4 aromatic carbocycles. The van der Waals surface area contributed by atoms with Crippen molar-refractivity contribution in [3.8, 4) is 16.2 Å². The second-order valence-corrected chi connectivity index (χ2v) is 19.3. The quantitative estimate of drug-likeness (QED) is 0.0334. The van der Waals surface area contributed by atoms with E-state index in [9.17, 15) is 24.3 Å². The van der Waals surface area contributed by atoms with Gasteiger partial charge in [0.15, 0.2) is 0 Å². The molecule has 0 bridgehead atoms. The van der Waals surface area contributed by atoms with Crippen LogP contribution in [0.1, 0.15) is 74.9 Å². The number of nitrogens with one attached hydrogen (secondary N) is 2. The fourth-order valence-electron chi connectivity index (χ4n) is 8.24. The Morgan fingerprint density at radius 1 is 0.871 bits per heavy atom. The van der Waals surface area contributed by atoms with Crippen molar-refractivity contribution < 1.29 is 38.5 Å². The lowest BCUT2D eigenvalue weighted by atomic mass is 9.85. The van der Waals surface area contributed by atoms with Crippen LogP contribution in [0.25, 0.3) is 21.6 Å². The number of likely N-dealkylation sites (tertiary alicyclic amines) is 1. The Bertz CT molecular complexity index is 2540. The molecule has 1 fully saturated rings.